The van der Waals surface area contributed by atoms with E-state index in [0.29, 0.717) is 11.5 Å². The molecule has 128 valence electrons. The summed E-state index contributed by atoms with van der Waals surface area (Å²) in [6, 6.07) is 11.8. The van der Waals surface area contributed by atoms with Gasteiger partial charge < -0.3 is 10.1 Å². The molecule has 5 nitrogen and oxygen atoms in total. The molecule has 3 heterocycles. The molecule has 1 amide bonds. The number of aryl methyl sites for hydroxylation is 1. The molecule has 0 saturated carbocycles. The first-order chi connectivity index (χ1) is 12.1. The molecule has 25 heavy (non-hydrogen) atoms. The fourth-order valence-corrected chi connectivity index (χ4v) is 4.53. The van der Waals surface area contributed by atoms with Gasteiger partial charge in [-0.1, -0.05) is 18.2 Å². The summed E-state index contributed by atoms with van der Waals surface area (Å²) in [6.07, 6.45) is -0.142. The molecule has 6 heteroatoms. The van der Waals surface area contributed by atoms with Gasteiger partial charge in [-0.15, -0.1) is 11.3 Å². The lowest BCUT2D eigenvalue weighted by Gasteiger charge is -2.34. The first kappa shape index (κ1) is 16.1. The highest BCUT2D eigenvalue weighted by atomic mass is 32.1. The van der Waals surface area contributed by atoms with Gasteiger partial charge in [0.05, 0.1) is 12.3 Å². The van der Waals surface area contributed by atoms with Crippen molar-refractivity contribution in [2.45, 2.75) is 26.6 Å². The minimum absolute atomic E-state index is 0.0106. The van der Waals surface area contributed by atoms with E-state index in [9.17, 15) is 4.79 Å². The van der Waals surface area contributed by atoms with E-state index in [0.717, 1.165) is 32.8 Å². The van der Waals surface area contributed by atoms with E-state index >= 15 is 0 Å². The number of anilines is 2. The quantitative estimate of drug-likeness (QED) is 0.768. The number of benzene rings is 1. The van der Waals surface area contributed by atoms with Crippen LogP contribution in [-0.2, 0) is 11.3 Å². The predicted molar refractivity (Wildman–Crippen MR) is 101 cm³/mol. The van der Waals surface area contributed by atoms with Gasteiger partial charge in [-0.05, 0) is 37.6 Å². The first-order valence-corrected chi connectivity index (χ1v) is 8.99. The monoisotopic (exact) mass is 353 g/mol. The van der Waals surface area contributed by atoms with E-state index in [-0.39, 0.29) is 12.1 Å². The summed E-state index contributed by atoms with van der Waals surface area (Å²) < 4.78 is 5.35. The maximum Gasteiger partial charge on any atom is 0.272 e. The molecular formula is C19H19N3O2S. The molecule has 3 aromatic rings. The SMILES string of the molecule is COCc1cc(C)nc2sc3c(c12)N[C@@H](C)N(c1ccccc1)C3=O. The molecule has 0 fully saturated rings. The highest BCUT2D eigenvalue weighted by Crippen LogP contribution is 2.42. The molecule has 0 spiro atoms. The lowest BCUT2D eigenvalue weighted by molar-refractivity contribution is 0.0981. The Labute approximate surface area is 150 Å². The summed E-state index contributed by atoms with van der Waals surface area (Å²) in [7, 11) is 1.68. The van der Waals surface area contributed by atoms with Gasteiger partial charge in [0.15, 0.2) is 0 Å². The summed E-state index contributed by atoms with van der Waals surface area (Å²) in [6.45, 7) is 4.45. The molecule has 0 saturated heterocycles. The van der Waals surface area contributed by atoms with Crippen molar-refractivity contribution in [2.24, 2.45) is 0 Å². The van der Waals surface area contributed by atoms with Gasteiger partial charge in [0, 0.05) is 23.9 Å². The lowest BCUT2D eigenvalue weighted by atomic mass is 10.1. The smallest absolute Gasteiger partial charge is 0.272 e. The van der Waals surface area contributed by atoms with Crippen LogP contribution in [0.4, 0.5) is 11.4 Å². The third-order valence-corrected chi connectivity index (χ3v) is 5.43. The summed E-state index contributed by atoms with van der Waals surface area (Å²) in [5, 5.41) is 4.50. The maximum absolute atomic E-state index is 13.2. The molecule has 0 bridgehead atoms. The van der Waals surface area contributed by atoms with Crippen molar-refractivity contribution in [2.75, 3.05) is 17.3 Å². The second-order valence-electron chi connectivity index (χ2n) is 6.17. The summed E-state index contributed by atoms with van der Waals surface area (Å²) in [4.78, 5) is 21.2. The van der Waals surface area contributed by atoms with Crippen molar-refractivity contribution in [3.63, 3.8) is 0 Å². The second-order valence-corrected chi connectivity index (χ2v) is 7.17. The number of ether oxygens (including phenoxy) is 1. The third kappa shape index (κ3) is 2.58. The first-order valence-electron chi connectivity index (χ1n) is 8.17. The van der Waals surface area contributed by atoms with Gasteiger partial charge in [0.25, 0.3) is 5.91 Å². The van der Waals surface area contributed by atoms with Crippen molar-refractivity contribution in [1.82, 2.24) is 4.98 Å². The number of aromatic nitrogens is 1. The molecule has 0 radical (unpaired) electrons. The number of rotatable bonds is 3. The van der Waals surface area contributed by atoms with Crippen molar-refractivity contribution in [3.05, 3.63) is 52.5 Å². The standard InChI is InChI=1S/C19H19N3O2S/c1-11-9-13(10-24-3)15-16-17(25-18(15)20-11)19(23)22(12(2)21-16)14-7-5-4-6-8-14/h4-9,12,21H,10H2,1-3H3/t12-/m1/s1. The van der Waals surface area contributed by atoms with Crippen LogP contribution >= 0.6 is 11.3 Å². The molecule has 1 aliphatic rings. The van der Waals surface area contributed by atoms with E-state index < -0.39 is 0 Å². The Balaban J connectivity index is 1.89. The van der Waals surface area contributed by atoms with Crippen molar-refractivity contribution in [3.8, 4) is 0 Å². The molecular weight excluding hydrogens is 334 g/mol. The Kier molecular flexibility index (Phi) is 3.94. The van der Waals surface area contributed by atoms with Gasteiger partial charge in [0.2, 0.25) is 0 Å². The summed E-state index contributed by atoms with van der Waals surface area (Å²) >= 11 is 1.44. The number of nitrogens with one attached hydrogen (secondary N) is 1. The van der Waals surface area contributed by atoms with E-state index in [4.69, 9.17) is 4.74 Å². The number of fused-ring (bicyclic) bond motifs is 3. The Bertz CT molecular complexity index is 952. The van der Waals surface area contributed by atoms with E-state index in [1.54, 1.807) is 12.0 Å². The largest absolute Gasteiger partial charge is 0.380 e. The van der Waals surface area contributed by atoms with Crippen molar-refractivity contribution >= 4 is 38.8 Å². The summed E-state index contributed by atoms with van der Waals surface area (Å²) in [5.41, 5.74) is 3.75. The number of pyridine rings is 1. The number of nitrogens with zero attached hydrogens (tertiary/aromatic N) is 2. The minimum atomic E-state index is -0.142. The number of methoxy groups -OCH3 is 1. The van der Waals surface area contributed by atoms with Crippen molar-refractivity contribution < 1.29 is 9.53 Å². The lowest BCUT2D eigenvalue weighted by Crippen LogP contribution is -2.46. The predicted octanol–water partition coefficient (Wildman–Crippen LogP) is 4.17. The Morgan fingerprint density at radius 2 is 2.08 bits per heavy atom. The molecule has 1 aromatic carbocycles. The van der Waals surface area contributed by atoms with Crippen LogP contribution in [0, 0.1) is 6.92 Å². The molecule has 0 unspecified atom stereocenters. The van der Waals surface area contributed by atoms with Crippen LogP contribution < -0.4 is 10.2 Å². The normalized spacial score (nSPS) is 16.8. The fraction of sp³-hybridized carbons (Fsp3) is 0.263. The Morgan fingerprint density at radius 3 is 2.80 bits per heavy atom. The zero-order valence-electron chi connectivity index (χ0n) is 14.4. The topological polar surface area (TPSA) is 54.5 Å². The van der Waals surface area contributed by atoms with Gasteiger partial charge in [-0.25, -0.2) is 4.98 Å². The van der Waals surface area contributed by atoms with Crippen molar-refractivity contribution in [1.29, 1.82) is 0 Å². The number of amides is 1. The number of carbonyl (C=O) groups excluding carboxylic acids is 1. The van der Waals surface area contributed by atoms with Crippen LogP contribution in [0.3, 0.4) is 0 Å². The number of hydrogen-bond donors (Lipinski definition) is 1. The van der Waals surface area contributed by atoms with E-state index in [1.807, 2.05) is 50.2 Å². The van der Waals surface area contributed by atoms with Crippen LogP contribution in [-0.4, -0.2) is 24.2 Å². The average Bonchev–Trinajstić information content (AvgIpc) is 2.94. The van der Waals surface area contributed by atoms with Gasteiger partial charge in [0.1, 0.15) is 15.9 Å². The Morgan fingerprint density at radius 1 is 1.32 bits per heavy atom. The average molecular weight is 353 g/mol. The Hall–Kier alpha value is -2.44. The number of hydrogen-bond acceptors (Lipinski definition) is 5. The molecule has 4 rings (SSSR count). The molecule has 1 atom stereocenters. The maximum atomic E-state index is 13.2. The highest BCUT2D eigenvalue weighted by Gasteiger charge is 2.34. The molecule has 1 aliphatic heterocycles. The fourth-order valence-electron chi connectivity index (χ4n) is 3.36. The van der Waals surface area contributed by atoms with Crippen LogP contribution in [0.2, 0.25) is 0 Å². The summed E-state index contributed by atoms with van der Waals surface area (Å²) in [5.74, 6) is 0.0106. The van der Waals surface area contributed by atoms with Gasteiger partial charge in [-0.2, -0.15) is 0 Å². The zero-order valence-corrected chi connectivity index (χ0v) is 15.2. The molecule has 1 N–H and O–H groups in total. The minimum Gasteiger partial charge on any atom is -0.380 e. The molecule has 2 aromatic heterocycles. The number of para-hydroxylation sites is 1. The molecule has 0 aliphatic carbocycles. The van der Waals surface area contributed by atoms with Crippen LogP contribution in [0.1, 0.15) is 27.9 Å². The highest BCUT2D eigenvalue weighted by molar-refractivity contribution is 7.21. The third-order valence-electron chi connectivity index (χ3n) is 4.36. The zero-order chi connectivity index (χ0) is 17.6. The van der Waals surface area contributed by atoms with Gasteiger partial charge >= 0.3 is 0 Å². The second kappa shape index (κ2) is 6.13. The number of thiophene rings is 1. The van der Waals surface area contributed by atoms with Gasteiger partial charge in [-0.3, -0.25) is 9.69 Å². The van der Waals surface area contributed by atoms with Crippen LogP contribution in [0.5, 0.6) is 0 Å². The van der Waals surface area contributed by atoms with E-state index in [1.165, 1.54) is 11.3 Å². The van der Waals surface area contributed by atoms with Crippen LogP contribution in [0.25, 0.3) is 10.2 Å². The van der Waals surface area contributed by atoms with E-state index in [2.05, 4.69) is 10.3 Å². The number of carbonyl (C=O) groups is 1. The van der Waals surface area contributed by atoms with Crippen LogP contribution in [0.15, 0.2) is 36.4 Å².